The Morgan fingerprint density at radius 2 is 1.75 bits per heavy atom. The molecule has 0 aliphatic heterocycles. The molecule has 0 saturated heterocycles. The maximum absolute atomic E-state index is 12.2. The number of halogens is 2. The van der Waals surface area contributed by atoms with Crippen molar-refractivity contribution in [2.45, 2.75) is 26.2 Å². The molecule has 2 aromatic carbocycles. The first-order valence-electron chi connectivity index (χ1n) is 8.74. The highest BCUT2D eigenvalue weighted by Gasteiger charge is 2.14. The minimum atomic E-state index is -0.290. The molecular weight excluding hydrogens is 395 g/mol. The summed E-state index contributed by atoms with van der Waals surface area (Å²) in [6, 6.07) is 16.3. The normalized spacial score (nSPS) is 11.8. The number of amides is 1. The number of carbonyl (C=O) groups is 1. The fourth-order valence-corrected chi connectivity index (χ4v) is 3.00. The number of hydrazone groups is 1. The lowest BCUT2D eigenvalue weighted by Crippen LogP contribution is -2.18. The van der Waals surface area contributed by atoms with E-state index in [1.807, 2.05) is 18.2 Å². The van der Waals surface area contributed by atoms with Crippen molar-refractivity contribution in [3.05, 3.63) is 81.5 Å². The molecule has 3 rings (SSSR count). The van der Waals surface area contributed by atoms with Crippen molar-refractivity contribution >= 4 is 35.3 Å². The molecule has 6 heteroatoms. The highest BCUT2D eigenvalue weighted by atomic mass is 35.5. The van der Waals surface area contributed by atoms with Crippen molar-refractivity contribution in [2.24, 2.45) is 5.10 Å². The van der Waals surface area contributed by atoms with Crippen LogP contribution in [0.25, 0.3) is 11.3 Å². The molecule has 1 N–H and O–H groups in total. The van der Waals surface area contributed by atoms with Crippen LogP contribution in [-0.2, 0) is 5.41 Å². The SMILES string of the molecule is CC(C)(C)c1ccc(C(=O)N/N=C\c2ccc(-c3cccc(Cl)c3Cl)o2)cc1. The number of rotatable bonds is 4. The lowest BCUT2D eigenvalue weighted by molar-refractivity contribution is 0.0955. The van der Waals surface area contributed by atoms with Gasteiger partial charge in [0.1, 0.15) is 11.5 Å². The third kappa shape index (κ3) is 4.64. The molecule has 1 amide bonds. The predicted octanol–water partition coefficient (Wildman–Crippen LogP) is 6.31. The quantitative estimate of drug-likeness (QED) is 0.401. The summed E-state index contributed by atoms with van der Waals surface area (Å²) < 4.78 is 5.70. The molecule has 1 aromatic heterocycles. The van der Waals surface area contributed by atoms with E-state index in [0.29, 0.717) is 32.7 Å². The van der Waals surface area contributed by atoms with Crippen LogP contribution < -0.4 is 5.43 Å². The zero-order valence-electron chi connectivity index (χ0n) is 15.8. The van der Waals surface area contributed by atoms with Gasteiger partial charge >= 0.3 is 0 Å². The van der Waals surface area contributed by atoms with Gasteiger partial charge in [-0.1, -0.05) is 62.2 Å². The monoisotopic (exact) mass is 414 g/mol. The molecule has 1 heterocycles. The van der Waals surface area contributed by atoms with Gasteiger partial charge in [0.05, 0.1) is 16.3 Å². The molecule has 0 fully saturated rings. The number of nitrogens with zero attached hydrogens (tertiary/aromatic N) is 1. The second-order valence-corrected chi connectivity index (χ2v) is 8.12. The Bertz CT molecular complexity index is 1020. The molecule has 0 spiro atoms. The number of furan rings is 1. The van der Waals surface area contributed by atoms with Crippen molar-refractivity contribution in [1.29, 1.82) is 0 Å². The van der Waals surface area contributed by atoms with E-state index in [1.165, 1.54) is 6.21 Å². The van der Waals surface area contributed by atoms with Crippen molar-refractivity contribution in [3.63, 3.8) is 0 Å². The van der Waals surface area contributed by atoms with E-state index in [9.17, 15) is 4.79 Å². The Morgan fingerprint density at radius 3 is 2.43 bits per heavy atom. The van der Waals surface area contributed by atoms with Crippen LogP contribution in [0.5, 0.6) is 0 Å². The Morgan fingerprint density at radius 1 is 1.04 bits per heavy atom. The van der Waals surface area contributed by atoms with Gasteiger partial charge < -0.3 is 4.42 Å². The van der Waals surface area contributed by atoms with Crippen LogP contribution in [0.2, 0.25) is 10.0 Å². The van der Waals surface area contributed by atoms with Gasteiger partial charge in [-0.15, -0.1) is 0 Å². The summed E-state index contributed by atoms with van der Waals surface area (Å²) in [6.45, 7) is 6.38. The summed E-state index contributed by atoms with van der Waals surface area (Å²) in [5.41, 5.74) is 4.93. The van der Waals surface area contributed by atoms with Crippen molar-refractivity contribution in [2.75, 3.05) is 0 Å². The minimum Gasteiger partial charge on any atom is -0.455 e. The van der Waals surface area contributed by atoms with Crippen LogP contribution >= 0.6 is 23.2 Å². The second-order valence-electron chi connectivity index (χ2n) is 7.33. The molecule has 0 radical (unpaired) electrons. The Labute approximate surface area is 174 Å². The number of hydrogen-bond acceptors (Lipinski definition) is 3. The van der Waals surface area contributed by atoms with Gasteiger partial charge in [-0.05, 0) is 47.4 Å². The maximum atomic E-state index is 12.2. The van der Waals surface area contributed by atoms with Crippen LogP contribution in [-0.4, -0.2) is 12.1 Å². The van der Waals surface area contributed by atoms with Crippen LogP contribution in [0, 0.1) is 0 Å². The van der Waals surface area contributed by atoms with Gasteiger partial charge in [0.2, 0.25) is 0 Å². The van der Waals surface area contributed by atoms with E-state index in [1.54, 1.807) is 36.4 Å². The molecule has 0 aliphatic carbocycles. The number of hydrogen-bond donors (Lipinski definition) is 1. The van der Waals surface area contributed by atoms with Gasteiger partial charge in [-0.3, -0.25) is 4.79 Å². The smallest absolute Gasteiger partial charge is 0.271 e. The van der Waals surface area contributed by atoms with Crippen LogP contribution in [0.4, 0.5) is 0 Å². The van der Waals surface area contributed by atoms with E-state index in [0.717, 1.165) is 5.56 Å². The van der Waals surface area contributed by atoms with Gasteiger partial charge in [0.25, 0.3) is 5.91 Å². The average molecular weight is 415 g/mol. The van der Waals surface area contributed by atoms with E-state index < -0.39 is 0 Å². The summed E-state index contributed by atoms with van der Waals surface area (Å²) in [6.07, 6.45) is 1.43. The first kappa shape index (κ1) is 20.2. The highest BCUT2D eigenvalue weighted by molar-refractivity contribution is 6.43. The molecule has 3 aromatic rings. The second kappa shape index (κ2) is 8.21. The third-order valence-corrected chi connectivity index (χ3v) is 5.03. The first-order valence-corrected chi connectivity index (χ1v) is 9.49. The van der Waals surface area contributed by atoms with Gasteiger partial charge in [0, 0.05) is 11.1 Å². The van der Waals surface area contributed by atoms with Crippen molar-refractivity contribution in [3.8, 4) is 11.3 Å². The first-order chi connectivity index (χ1) is 13.3. The molecule has 0 atom stereocenters. The lowest BCUT2D eigenvalue weighted by atomic mass is 9.87. The molecule has 0 unspecified atom stereocenters. The van der Waals surface area contributed by atoms with E-state index in [2.05, 4.69) is 31.3 Å². The molecule has 0 aliphatic rings. The third-order valence-electron chi connectivity index (χ3n) is 4.21. The van der Waals surface area contributed by atoms with Crippen LogP contribution in [0.1, 0.15) is 42.5 Å². The minimum absolute atomic E-state index is 0.0377. The molecular formula is C22H20Cl2N2O2. The van der Waals surface area contributed by atoms with Gasteiger partial charge in [-0.25, -0.2) is 5.43 Å². The zero-order valence-corrected chi connectivity index (χ0v) is 17.3. The largest absolute Gasteiger partial charge is 0.455 e. The van der Waals surface area contributed by atoms with Gasteiger partial charge in [-0.2, -0.15) is 5.10 Å². The molecule has 144 valence electrons. The predicted molar refractivity (Wildman–Crippen MR) is 114 cm³/mol. The topological polar surface area (TPSA) is 54.6 Å². The van der Waals surface area contributed by atoms with Crippen molar-refractivity contribution < 1.29 is 9.21 Å². The zero-order chi connectivity index (χ0) is 20.3. The molecule has 0 bridgehead atoms. The van der Waals surface area contributed by atoms with E-state index >= 15 is 0 Å². The summed E-state index contributed by atoms with van der Waals surface area (Å²) in [7, 11) is 0. The van der Waals surface area contributed by atoms with Crippen LogP contribution in [0.15, 0.2) is 64.1 Å². The number of benzene rings is 2. The average Bonchev–Trinajstić information content (AvgIpc) is 3.12. The standard InChI is InChI=1S/C22H20Cl2N2O2/c1-22(2,3)15-9-7-14(8-10-15)21(27)26-25-13-16-11-12-19(28-16)17-5-4-6-18(23)20(17)24/h4-13H,1-3H3,(H,26,27)/b25-13-. The molecule has 0 saturated carbocycles. The Hall–Kier alpha value is -2.56. The summed E-state index contributed by atoms with van der Waals surface area (Å²) in [4.78, 5) is 12.2. The highest BCUT2D eigenvalue weighted by Crippen LogP contribution is 2.34. The Kier molecular flexibility index (Phi) is 5.92. The summed E-state index contributed by atoms with van der Waals surface area (Å²) in [5, 5.41) is 4.84. The maximum Gasteiger partial charge on any atom is 0.271 e. The number of carbonyl (C=O) groups excluding carboxylic acids is 1. The number of nitrogens with one attached hydrogen (secondary N) is 1. The summed E-state index contributed by atoms with van der Waals surface area (Å²) >= 11 is 12.2. The fourth-order valence-electron chi connectivity index (χ4n) is 2.60. The fraction of sp³-hybridized carbons (Fsp3) is 0.182. The van der Waals surface area contributed by atoms with Gasteiger partial charge in [0.15, 0.2) is 0 Å². The van der Waals surface area contributed by atoms with E-state index in [4.69, 9.17) is 27.6 Å². The van der Waals surface area contributed by atoms with Crippen LogP contribution in [0.3, 0.4) is 0 Å². The molecule has 4 nitrogen and oxygen atoms in total. The van der Waals surface area contributed by atoms with E-state index in [-0.39, 0.29) is 11.3 Å². The molecule has 28 heavy (non-hydrogen) atoms. The Balaban J connectivity index is 1.66. The lowest BCUT2D eigenvalue weighted by Gasteiger charge is -2.18. The van der Waals surface area contributed by atoms with Crippen molar-refractivity contribution in [1.82, 2.24) is 5.43 Å². The summed E-state index contributed by atoms with van der Waals surface area (Å²) in [5.74, 6) is 0.758.